The molecule has 0 aliphatic carbocycles. The van der Waals surface area contributed by atoms with E-state index in [9.17, 15) is 4.79 Å². The Morgan fingerprint density at radius 1 is 1.29 bits per heavy atom. The molecule has 1 heterocycles. The second kappa shape index (κ2) is 7.09. The largest absolute Gasteiger partial charge is 0.465 e. The van der Waals surface area contributed by atoms with Crippen LogP contribution < -0.4 is 5.73 Å². The maximum absolute atomic E-state index is 11.4. The molecule has 0 saturated heterocycles. The zero-order valence-electron chi connectivity index (χ0n) is 12.6. The Labute approximate surface area is 125 Å². The fourth-order valence-electron chi connectivity index (χ4n) is 2.33. The van der Waals surface area contributed by atoms with Gasteiger partial charge in [0, 0.05) is 25.0 Å². The predicted octanol–water partition coefficient (Wildman–Crippen LogP) is 3.12. The first-order valence-corrected chi connectivity index (χ1v) is 7.22. The number of carbonyl (C=O) groups is 1. The summed E-state index contributed by atoms with van der Waals surface area (Å²) in [6.45, 7) is 2.90. The molecular weight excluding hydrogens is 264 g/mol. The first kappa shape index (κ1) is 15.3. The summed E-state index contributed by atoms with van der Waals surface area (Å²) in [7, 11) is 1.39. The molecule has 2 N–H and O–H groups in total. The standard InChI is InChI=1S/C17H22N2O2/c1-3-4-16(18)15-9-10-19(12-15)11-13-5-7-14(8-6-13)17(20)21-2/h5-10,12,16H,3-4,11,18H2,1-2H3. The van der Waals surface area contributed by atoms with Crippen LogP contribution in [0.1, 0.15) is 47.3 Å². The molecule has 1 atom stereocenters. The van der Waals surface area contributed by atoms with Gasteiger partial charge in [-0.25, -0.2) is 4.79 Å². The van der Waals surface area contributed by atoms with Gasteiger partial charge in [0.2, 0.25) is 0 Å². The van der Waals surface area contributed by atoms with Crippen LogP contribution >= 0.6 is 0 Å². The molecule has 0 radical (unpaired) electrons. The molecule has 0 aliphatic rings. The van der Waals surface area contributed by atoms with Crippen molar-refractivity contribution in [2.75, 3.05) is 7.11 Å². The van der Waals surface area contributed by atoms with E-state index >= 15 is 0 Å². The van der Waals surface area contributed by atoms with Crippen LogP contribution in [-0.2, 0) is 11.3 Å². The van der Waals surface area contributed by atoms with E-state index < -0.39 is 0 Å². The van der Waals surface area contributed by atoms with Crippen molar-refractivity contribution in [2.45, 2.75) is 32.4 Å². The fourth-order valence-corrected chi connectivity index (χ4v) is 2.33. The molecule has 112 valence electrons. The van der Waals surface area contributed by atoms with Crippen LogP contribution in [0.5, 0.6) is 0 Å². The molecule has 0 bridgehead atoms. The van der Waals surface area contributed by atoms with Crippen molar-refractivity contribution in [3.63, 3.8) is 0 Å². The van der Waals surface area contributed by atoms with Crippen LogP contribution in [0, 0.1) is 0 Å². The Balaban J connectivity index is 2.03. The number of ether oxygens (including phenoxy) is 1. The van der Waals surface area contributed by atoms with Crippen molar-refractivity contribution in [1.82, 2.24) is 4.57 Å². The molecule has 21 heavy (non-hydrogen) atoms. The van der Waals surface area contributed by atoms with Crippen LogP contribution in [0.15, 0.2) is 42.7 Å². The number of hydrogen-bond acceptors (Lipinski definition) is 3. The Morgan fingerprint density at radius 2 is 2.00 bits per heavy atom. The monoisotopic (exact) mass is 286 g/mol. The number of hydrogen-bond donors (Lipinski definition) is 1. The molecule has 2 aromatic rings. The van der Waals surface area contributed by atoms with Crippen LogP contribution in [0.25, 0.3) is 0 Å². The molecule has 1 aromatic heterocycles. The zero-order valence-corrected chi connectivity index (χ0v) is 12.6. The fraction of sp³-hybridized carbons (Fsp3) is 0.353. The topological polar surface area (TPSA) is 57.2 Å². The summed E-state index contributed by atoms with van der Waals surface area (Å²) in [5.74, 6) is -0.310. The van der Waals surface area contributed by atoms with Crippen molar-refractivity contribution in [3.8, 4) is 0 Å². The van der Waals surface area contributed by atoms with Crippen LogP contribution in [0.4, 0.5) is 0 Å². The Hall–Kier alpha value is -2.07. The predicted molar refractivity (Wildman–Crippen MR) is 83.2 cm³/mol. The lowest BCUT2D eigenvalue weighted by molar-refractivity contribution is 0.0600. The first-order valence-electron chi connectivity index (χ1n) is 7.22. The molecule has 0 spiro atoms. The number of nitrogens with two attached hydrogens (primary N) is 1. The average Bonchev–Trinajstić information content (AvgIpc) is 2.96. The second-order valence-corrected chi connectivity index (χ2v) is 5.20. The minimum atomic E-state index is -0.310. The molecular formula is C17H22N2O2. The van der Waals surface area contributed by atoms with Gasteiger partial charge >= 0.3 is 5.97 Å². The van der Waals surface area contributed by atoms with Crippen LogP contribution in [0.2, 0.25) is 0 Å². The number of aromatic nitrogens is 1. The highest BCUT2D eigenvalue weighted by Crippen LogP contribution is 2.17. The minimum Gasteiger partial charge on any atom is -0.465 e. The molecule has 0 fully saturated rings. The lowest BCUT2D eigenvalue weighted by Gasteiger charge is -2.08. The number of benzene rings is 1. The lowest BCUT2D eigenvalue weighted by atomic mass is 10.1. The minimum absolute atomic E-state index is 0.109. The zero-order chi connectivity index (χ0) is 15.2. The van der Waals surface area contributed by atoms with Crippen molar-refractivity contribution < 1.29 is 9.53 Å². The van der Waals surface area contributed by atoms with Gasteiger partial charge in [-0.3, -0.25) is 0 Å². The summed E-state index contributed by atoms with van der Waals surface area (Å²) in [5.41, 5.74) is 8.99. The van der Waals surface area contributed by atoms with Crippen molar-refractivity contribution in [3.05, 3.63) is 59.4 Å². The highest BCUT2D eigenvalue weighted by Gasteiger charge is 2.07. The third-order valence-electron chi connectivity index (χ3n) is 3.54. The normalized spacial score (nSPS) is 12.1. The Bertz CT molecular complexity index is 587. The summed E-state index contributed by atoms with van der Waals surface area (Å²) in [6.07, 6.45) is 6.22. The van der Waals surface area contributed by atoms with E-state index in [1.807, 2.05) is 18.3 Å². The molecule has 2 rings (SSSR count). The number of esters is 1. The quantitative estimate of drug-likeness (QED) is 0.830. The van der Waals surface area contributed by atoms with Crippen molar-refractivity contribution in [1.29, 1.82) is 0 Å². The van der Waals surface area contributed by atoms with E-state index in [1.165, 1.54) is 12.7 Å². The van der Waals surface area contributed by atoms with Gasteiger partial charge in [0.25, 0.3) is 0 Å². The van der Waals surface area contributed by atoms with E-state index in [0.29, 0.717) is 5.56 Å². The third-order valence-corrected chi connectivity index (χ3v) is 3.54. The summed E-state index contributed by atoms with van der Waals surface area (Å²) >= 11 is 0. The van der Waals surface area contributed by atoms with E-state index in [2.05, 4.69) is 28.5 Å². The van der Waals surface area contributed by atoms with Crippen molar-refractivity contribution in [2.24, 2.45) is 5.73 Å². The van der Waals surface area contributed by atoms with Gasteiger partial charge in [-0.1, -0.05) is 25.5 Å². The van der Waals surface area contributed by atoms with Gasteiger partial charge in [0.05, 0.1) is 12.7 Å². The number of carbonyl (C=O) groups excluding carboxylic acids is 1. The van der Waals surface area contributed by atoms with Gasteiger partial charge < -0.3 is 15.0 Å². The molecule has 0 amide bonds. The Morgan fingerprint density at radius 3 is 2.62 bits per heavy atom. The van der Waals surface area contributed by atoms with Gasteiger partial charge in [-0.15, -0.1) is 0 Å². The van der Waals surface area contributed by atoms with Crippen molar-refractivity contribution >= 4 is 5.97 Å². The first-order chi connectivity index (χ1) is 10.1. The molecule has 1 aromatic carbocycles. The van der Waals surface area contributed by atoms with Gasteiger partial charge in [-0.05, 0) is 35.7 Å². The van der Waals surface area contributed by atoms with Gasteiger partial charge in [-0.2, -0.15) is 0 Å². The summed E-state index contributed by atoms with van der Waals surface area (Å²) in [6, 6.07) is 9.64. The van der Waals surface area contributed by atoms with Gasteiger partial charge in [0.15, 0.2) is 0 Å². The van der Waals surface area contributed by atoms with E-state index in [1.54, 1.807) is 12.1 Å². The van der Waals surface area contributed by atoms with E-state index in [4.69, 9.17) is 5.73 Å². The molecule has 4 heteroatoms. The second-order valence-electron chi connectivity index (χ2n) is 5.20. The number of rotatable bonds is 6. The van der Waals surface area contributed by atoms with Crippen LogP contribution in [-0.4, -0.2) is 17.6 Å². The highest BCUT2D eigenvalue weighted by atomic mass is 16.5. The number of nitrogens with zero attached hydrogens (tertiary/aromatic N) is 1. The summed E-state index contributed by atoms with van der Waals surface area (Å²) < 4.78 is 6.80. The summed E-state index contributed by atoms with van der Waals surface area (Å²) in [5, 5.41) is 0. The molecule has 0 aliphatic heterocycles. The smallest absolute Gasteiger partial charge is 0.337 e. The van der Waals surface area contributed by atoms with E-state index in [0.717, 1.165) is 24.9 Å². The maximum atomic E-state index is 11.4. The third kappa shape index (κ3) is 3.95. The number of methoxy groups -OCH3 is 1. The van der Waals surface area contributed by atoms with Gasteiger partial charge in [0.1, 0.15) is 0 Å². The molecule has 4 nitrogen and oxygen atoms in total. The molecule has 1 unspecified atom stereocenters. The van der Waals surface area contributed by atoms with Crippen LogP contribution in [0.3, 0.4) is 0 Å². The Kier molecular flexibility index (Phi) is 5.17. The highest BCUT2D eigenvalue weighted by molar-refractivity contribution is 5.89. The average molecular weight is 286 g/mol. The maximum Gasteiger partial charge on any atom is 0.337 e. The molecule has 0 saturated carbocycles. The summed E-state index contributed by atoms with van der Waals surface area (Å²) in [4.78, 5) is 11.4. The SMILES string of the molecule is CCCC(N)c1ccn(Cc2ccc(C(=O)OC)cc2)c1. The van der Waals surface area contributed by atoms with E-state index in [-0.39, 0.29) is 12.0 Å². The lowest BCUT2D eigenvalue weighted by Crippen LogP contribution is -2.08.